The van der Waals surface area contributed by atoms with E-state index in [1.165, 1.54) is 83.5 Å². The van der Waals surface area contributed by atoms with Gasteiger partial charge in [-0.1, -0.05) is 98.3 Å². The number of hydrogen-bond acceptors (Lipinski definition) is 0. The van der Waals surface area contributed by atoms with Crippen LogP contribution in [0.1, 0.15) is 111 Å². The molecule has 4 atom stereocenters. The van der Waals surface area contributed by atoms with E-state index in [4.69, 9.17) is 0 Å². The van der Waals surface area contributed by atoms with Crippen LogP contribution < -0.4 is 0 Å². The lowest BCUT2D eigenvalue weighted by molar-refractivity contribution is 0.261. The number of hydrogen-bond donors (Lipinski definition) is 0. The average molecular weight is 315 g/mol. The first-order valence-electron chi connectivity index (χ1n) is 9.96. The van der Waals surface area contributed by atoms with Gasteiger partial charge in [0.1, 0.15) is 0 Å². The van der Waals surface area contributed by atoms with Crippen LogP contribution >= 0.6 is 9.24 Å². The summed E-state index contributed by atoms with van der Waals surface area (Å²) in [6, 6.07) is 0. The summed E-state index contributed by atoms with van der Waals surface area (Å²) in [6.45, 7) is 9.39. The highest BCUT2D eigenvalue weighted by Gasteiger charge is 2.24. The topological polar surface area (TPSA) is 0 Å². The SMILES string of the molecule is CCCCCCCC(P)C(CCCCC)C(CC)CCC. The Kier molecular flexibility index (Phi) is 15.6. The molecule has 0 aliphatic rings. The maximum absolute atomic E-state index is 3.23. The Morgan fingerprint density at radius 1 is 0.619 bits per heavy atom. The first kappa shape index (κ1) is 21.4. The summed E-state index contributed by atoms with van der Waals surface area (Å²) in [5.41, 5.74) is 0.861. The van der Waals surface area contributed by atoms with E-state index in [-0.39, 0.29) is 0 Å². The summed E-state index contributed by atoms with van der Waals surface area (Å²) in [6.07, 6.45) is 18.4. The molecule has 0 aromatic carbocycles. The van der Waals surface area contributed by atoms with Crippen LogP contribution in [0.4, 0.5) is 0 Å². The maximum Gasteiger partial charge on any atom is -0.0233 e. The van der Waals surface area contributed by atoms with Crippen molar-refractivity contribution in [1.29, 1.82) is 0 Å². The lowest BCUT2D eigenvalue weighted by Crippen LogP contribution is -2.24. The van der Waals surface area contributed by atoms with Crippen LogP contribution in [-0.2, 0) is 0 Å². The van der Waals surface area contributed by atoms with Gasteiger partial charge in [-0.2, -0.15) is 0 Å². The second-order valence-corrected chi connectivity index (χ2v) is 7.84. The predicted molar refractivity (Wildman–Crippen MR) is 103 cm³/mol. The van der Waals surface area contributed by atoms with E-state index in [0.29, 0.717) is 0 Å². The van der Waals surface area contributed by atoms with E-state index in [1.807, 2.05) is 0 Å². The summed E-state index contributed by atoms with van der Waals surface area (Å²) in [4.78, 5) is 0. The molecule has 0 rings (SSSR count). The Morgan fingerprint density at radius 2 is 1.19 bits per heavy atom. The summed E-state index contributed by atoms with van der Waals surface area (Å²) < 4.78 is 0. The van der Waals surface area contributed by atoms with Crippen LogP contribution in [0.2, 0.25) is 0 Å². The zero-order valence-electron chi connectivity index (χ0n) is 15.5. The normalized spacial score (nSPS) is 15.9. The first-order chi connectivity index (χ1) is 10.2. The predicted octanol–water partition coefficient (Wildman–Crippen LogP) is 7.61. The average Bonchev–Trinajstić information content (AvgIpc) is 2.49. The van der Waals surface area contributed by atoms with E-state index < -0.39 is 0 Å². The van der Waals surface area contributed by atoms with Crippen molar-refractivity contribution in [1.82, 2.24) is 0 Å². The van der Waals surface area contributed by atoms with Crippen molar-refractivity contribution >= 4 is 9.24 Å². The highest BCUT2D eigenvalue weighted by Crippen LogP contribution is 2.35. The van der Waals surface area contributed by atoms with Crippen molar-refractivity contribution in [2.75, 3.05) is 0 Å². The lowest BCUT2D eigenvalue weighted by Gasteiger charge is -2.31. The molecule has 4 unspecified atom stereocenters. The van der Waals surface area contributed by atoms with Crippen LogP contribution in [0.25, 0.3) is 0 Å². The maximum atomic E-state index is 3.23. The number of rotatable bonds is 15. The fourth-order valence-electron chi connectivity index (χ4n) is 3.72. The van der Waals surface area contributed by atoms with Gasteiger partial charge in [0.2, 0.25) is 0 Å². The largest absolute Gasteiger partial charge is 0.134 e. The van der Waals surface area contributed by atoms with Crippen molar-refractivity contribution in [3.63, 3.8) is 0 Å². The summed E-state index contributed by atoms with van der Waals surface area (Å²) in [5.74, 6) is 1.92. The van der Waals surface area contributed by atoms with Gasteiger partial charge in [-0.3, -0.25) is 0 Å². The Bertz CT molecular complexity index is 202. The fourth-order valence-corrected chi connectivity index (χ4v) is 4.46. The third kappa shape index (κ3) is 10.7. The molecule has 0 aliphatic carbocycles. The van der Waals surface area contributed by atoms with E-state index >= 15 is 0 Å². The van der Waals surface area contributed by atoms with Gasteiger partial charge in [-0.05, 0) is 30.3 Å². The van der Waals surface area contributed by atoms with Gasteiger partial charge in [-0.15, -0.1) is 9.24 Å². The molecule has 0 N–H and O–H groups in total. The van der Waals surface area contributed by atoms with Crippen LogP contribution in [-0.4, -0.2) is 5.66 Å². The Labute approximate surface area is 138 Å². The van der Waals surface area contributed by atoms with E-state index in [0.717, 1.165) is 17.5 Å². The molecule has 0 aromatic rings. The standard InChI is InChI=1S/C20H43P/c1-5-9-11-12-14-17-20(21)19(16-13-10-6-2)18(8-4)15-7-3/h18-20H,5-17,21H2,1-4H3. The molecule has 0 aliphatic heterocycles. The minimum absolute atomic E-state index is 0.861. The van der Waals surface area contributed by atoms with Crippen LogP contribution in [0.5, 0.6) is 0 Å². The van der Waals surface area contributed by atoms with Crippen LogP contribution in [0.3, 0.4) is 0 Å². The number of unbranched alkanes of at least 4 members (excludes halogenated alkanes) is 6. The molecule has 0 spiro atoms. The minimum atomic E-state index is 0.861. The zero-order valence-corrected chi connectivity index (χ0v) is 16.7. The molecular weight excluding hydrogens is 271 g/mol. The second-order valence-electron chi connectivity index (χ2n) is 6.98. The monoisotopic (exact) mass is 314 g/mol. The quantitative estimate of drug-likeness (QED) is 0.215. The van der Waals surface area contributed by atoms with Crippen molar-refractivity contribution in [2.45, 2.75) is 117 Å². The molecule has 0 fully saturated rings. The molecule has 0 saturated carbocycles. The molecule has 21 heavy (non-hydrogen) atoms. The molecule has 128 valence electrons. The van der Waals surface area contributed by atoms with Gasteiger partial charge in [-0.25, -0.2) is 0 Å². The zero-order chi connectivity index (χ0) is 15.9. The molecule has 0 amide bonds. The van der Waals surface area contributed by atoms with E-state index in [2.05, 4.69) is 36.9 Å². The highest BCUT2D eigenvalue weighted by atomic mass is 31.0. The van der Waals surface area contributed by atoms with Crippen molar-refractivity contribution in [2.24, 2.45) is 11.8 Å². The van der Waals surface area contributed by atoms with Gasteiger partial charge in [0.15, 0.2) is 0 Å². The Morgan fingerprint density at radius 3 is 1.76 bits per heavy atom. The lowest BCUT2D eigenvalue weighted by atomic mass is 9.79. The Balaban J connectivity index is 4.25. The second kappa shape index (κ2) is 15.3. The van der Waals surface area contributed by atoms with Crippen molar-refractivity contribution in [3.8, 4) is 0 Å². The van der Waals surface area contributed by atoms with E-state index in [1.54, 1.807) is 0 Å². The fraction of sp³-hybridized carbons (Fsp3) is 1.00. The smallest absolute Gasteiger partial charge is 0.0233 e. The van der Waals surface area contributed by atoms with Gasteiger partial charge in [0.05, 0.1) is 0 Å². The molecule has 0 radical (unpaired) electrons. The molecule has 1 heteroatoms. The molecule has 0 heterocycles. The van der Waals surface area contributed by atoms with Crippen molar-refractivity contribution in [3.05, 3.63) is 0 Å². The van der Waals surface area contributed by atoms with Crippen LogP contribution in [0.15, 0.2) is 0 Å². The summed E-state index contributed by atoms with van der Waals surface area (Å²) in [7, 11) is 3.23. The highest BCUT2D eigenvalue weighted by molar-refractivity contribution is 7.17. The summed E-state index contributed by atoms with van der Waals surface area (Å²) >= 11 is 0. The molecule has 0 saturated heterocycles. The molecule has 0 bridgehead atoms. The molecular formula is C20H43P. The molecule has 0 nitrogen and oxygen atoms in total. The van der Waals surface area contributed by atoms with Gasteiger partial charge >= 0.3 is 0 Å². The third-order valence-electron chi connectivity index (χ3n) is 5.12. The Hall–Kier alpha value is 0.430. The third-order valence-corrected chi connectivity index (χ3v) is 5.95. The minimum Gasteiger partial charge on any atom is -0.134 e. The van der Waals surface area contributed by atoms with E-state index in [9.17, 15) is 0 Å². The van der Waals surface area contributed by atoms with Gasteiger partial charge in [0, 0.05) is 0 Å². The molecule has 0 aromatic heterocycles. The first-order valence-corrected chi connectivity index (χ1v) is 10.6. The summed E-state index contributed by atoms with van der Waals surface area (Å²) in [5, 5.41) is 0. The van der Waals surface area contributed by atoms with Crippen molar-refractivity contribution < 1.29 is 0 Å². The van der Waals surface area contributed by atoms with Gasteiger partial charge in [0.25, 0.3) is 0 Å². The van der Waals surface area contributed by atoms with Gasteiger partial charge < -0.3 is 0 Å². The van der Waals surface area contributed by atoms with Crippen LogP contribution in [0, 0.1) is 11.8 Å².